The standard InChI is InChI=1S/C12H11Cl2N3O2S/c1-7-11(4-5-12(14)16-7)17-20(18,19)8-2-3-9(13)10(15)6-8/h2-6,17H,15H2,1H3. The van der Waals surface area contributed by atoms with Gasteiger partial charge in [-0.1, -0.05) is 23.2 Å². The van der Waals surface area contributed by atoms with Crippen molar-refractivity contribution in [1.29, 1.82) is 0 Å². The summed E-state index contributed by atoms with van der Waals surface area (Å²) in [6, 6.07) is 7.14. The summed E-state index contributed by atoms with van der Waals surface area (Å²) in [5.41, 5.74) is 6.63. The average molecular weight is 332 g/mol. The van der Waals surface area contributed by atoms with Crippen LogP contribution in [0, 0.1) is 6.92 Å². The van der Waals surface area contributed by atoms with Gasteiger partial charge in [-0.3, -0.25) is 4.72 Å². The van der Waals surface area contributed by atoms with Gasteiger partial charge in [-0.2, -0.15) is 0 Å². The number of pyridine rings is 1. The number of hydrogen-bond acceptors (Lipinski definition) is 4. The maximum Gasteiger partial charge on any atom is 0.262 e. The summed E-state index contributed by atoms with van der Waals surface area (Å²) in [7, 11) is -3.76. The van der Waals surface area contributed by atoms with Crippen molar-refractivity contribution < 1.29 is 8.42 Å². The molecule has 1 aromatic carbocycles. The maximum absolute atomic E-state index is 12.2. The first-order chi connectivity index (χ1) is 9.29. The molecule has 20 heavy (non-hydrogen) atoms. The Balaban J connectivity index is 2.38. The van der Waals surface area contributed by atoms with E-state index in [-0.39, 0.29) is 10.6 Å². The third-order valence-corrected chi connectivity index (χ3v) is 4.49. The molecule has 0 unspecified atom stereocenters. The normalized spacial score (nSPS) is 11.3. The molecular formula is C12H11Cl2N3O2S. The van der Waals surface area contributed by atoms with Crippen LogP contribution in [-0.4, -0.2) is 13.4 Å². The molecule has 1 heterocycles. The zero-order chi connectivity index (χ0) is 14.9. The van der Waals surface area contributed by atoms with E-state index in [2.05, 4.69) is 9.71 Å². The number of nitrogen functional groups attached to an aromatic ring is 1. The van der Waals surface area contributed by atoms with Gasteiger partial charge in [0.2, 0.25) is 0 Å². The van der Waals surface area contributed by atoms with Crippen molar-refractivity contribution in [3.8, 4) is 0 Å². The van der Waals surface area contributed by atoms with Crippen LogP contribution in [0.15, 0.2) is 35.2 Å². The molecule has 8 heteroatoms. The zero-order valence-electron chi connectivity index (χ0n) is 10.4. The Hall–Kier alpha value is -1.50. The average Bonchev–Trinajstić information content (AvgIpc) is 2.36. The maximum atomic E-state index is 12.2. The van der Waals surface area contributed by atoms with E-state index in [4.69, 9.17) is 28.9 Å². The van der Waals surface area contributed by atoms with Gasteiger partial charge in [0.1, 0.15) is 5.15 Å². The largest absolute Gasteiger partial charge is 0.397 e. The molecule has 0 fully saturated rings. The van der Waals surface area contributed by atoms with Crippen LogP contribution in [0.1, 0.15) is 5.69 Å². The molecule has 1 aromatic heterocycles. The SMILES string of the molecule is Cc1nc(Cl)ccc1NS(=O)(=O)c1ccc(Cl)c(N)c1. The second kappa shape index (κ2) is 5.47. The van der Waals surface area contributed by atoms with E-state index >= 15 is 0 Å². The van der Waals surface area contributed by atoms with Gasteiger partial charge in [0.15, 0.2) is 0 Å². The van der Waals surface area contributed by atoms with Crippen molar-refractivity contribution in [2.45, 2.75) is 11.8 Å². The first-order valence-electron chi connectivity index (χ1n) is 5.50. The fourth-order valence-electron chi connectivity index (χ4n) is 1.53. The van der Waals surface area contributed by atoms with Crippen molar-refractivity contribution >= 4 is 44.6 Å². The zero-order valence-corrected chi connectivity index (χ0v) is 12.7. The van der Waals surface area contributed by atoms with E-state index in [0.29, 0.717) is 21.6 Å². The van der Waals surface area contributed by atoms with E-state index in [1.807, 2.05) is 0 Å². The molecule has 0 atom stereocenters. The first kappa shape index (κ1) is 14.9. The van der Waals surface area contributed by atoms with Crippen molar-refractivity contribution in [3.05, 3.63) is 46.2 Å². The number of hydrogen-bond donors (Lipinski definition) is 2. The highest BCUT2D eigenvalue weighted by atomic mass is 35.5. The molecule has 0 saturated carbocycles. The molecule has 0 aliphatic heterocycles. The number of benzene rings is 1. The lowest BCUT2D eigenvalue weighted by Crippen LogP contribution is -2.14. The van der Waals surface area contributed by atoms with Gasteiger partial charge in [-0.15, -0.1) is 0 Å². The summed E-state index contributed by atoms with van der Waals surface area (Å²) in [6.07, 6.45) is 0. The molecule has 2 rings (SSSR count). The number of rotatable bonds is 3. The molecule has 0 aliphatic carbocycles. The number of nitrogens with two attached hydrogens (primary N) is 1. The predicted octanol–water partition coefficient (Wildman–Crippen LogP) is 3.08. The Kier molecular flexibility index (Phi) is 4.08. The molecule has 0 saturated heterocycles. The topological polar surface area (TPSA) is 85.1 Å². The Morgan fingerprint density at radius 3 is 2.50 bits per heavy atom. The summed E-state index contributed by atoms with van der Waals surface area (Å²) < 4.78 is 26.9. The van der Waals surface area contributed by atoms with Gasteiger partial charge in [0.05, 0.1) is 27.0 Å². The summed E-state index contributed by atoms with van der Waals surface area (Å²) in [6.45, 7) is 1.65. The van der Waals surface area contributed by atoms with Gasteiger partial charge < -0.3 is 5.73 Å². The van der Waals surface area contributed by atoms with Crippen LogP contribution in [0.25, 0.3) is 0 Å². The van der Waals surface area contributed by atoms with Crippen LogP contribution in [0.4, 0.5) is 11.4 Å². The predicted molar refractivity (Wildman–Crippen MR) is 80.7 cm³/mol. The van der Waals surface area contributed by atoms with Gasteiger partial charge in [0, 0.05) is 0 Å². The Morgan fingerprint density at radius 1 is 1.20 bits per heavy atom. The quantitative estimate of drug-likeness (QED) is 0.668. The van der Waals surface area contributed by atoms with E-state index < -0.39 is 10.0 Å². The number of sulfonamides is 1. The van der Waals surface area contributed by atoms with Crippen LogP contribution >= 0.6 is 23.2 Å². The van der Waals surface area contributed by atoms with Crippen LogP contribution in [-0.2, 0) is 10.0 Å². The third-order valence-electron chi connectivity index (χ3n) is 2.57. The molecule has 5 nitrogen and oxygen atoms in total. The Morgan fingerprint density at radius 2 is 1.90 bits per heavy atom. The smallest absolute Gasteiger partial charge is 0.262 e. The number of aryl methyl sites for hydroxylation is 1. The molecule has 0 bridgehead atoms. The minimum absolute atomic E-state index is 0.0220. The first-order valence-corrected chi connectivity index (χ1v) is 7.74. The monoisotopic (exact) mass is 331 g/mol. The lowest BCUT2D eigenvalue weighted by Gasteiger charge is -2.11. The van der Waals surface area contributed by atoms with Gasteiger partial charge in [-0.05, 0) is 37.3 Å². The van der Waals surface area contributed by atoms with Crippen molar-refractivity contribution in [2.24, 2.45) is 0 Å². The molecule has 3 N–H and O–H groups in total. The van der Waals surface area contributed by atoms with Gasteiger partial charge >= 0.3 is 0 Å². The highest BCUT2D eigenvalue weighted by molar-refractivity contribution is 7.92. The van der Waals surface area contributed by atoms with Gasteiger partial charge in [-0.25, -0.2) is 13.4 Å². The number of halogens is 2. The fourth-order valence-corrected chi connectivity index (χ4v) is 2.99. The van der Waals surface area contributed by atoms with E-state index in [1.54, 1.807) is 13.0 Å². The number of nitrogens with one attached hydrogen (secondary N) is 1. The highest BCUT2D eigenvalue weighted by Crippen LogP contribution is 2.25. The Labute approximate surface area is 126 Å². The van der Waals surface area contributed by atoms with Crippen molar-refractivity contribution in [1.82, 2.24) is 4.98 Å². The summed E-state index contributed by atoms with van der Waals surface area (Å²) in [5, 5.41) is 0.592. The minimum atomic E-state index is -3.76. The van der Waals surface area contributed by atoms with E-state index in [0.717, 1.165) is 0 Å². The molecule has 0 spiro atoms. The van der Waals surface area contributed by atoms with Gasteiger partial charge in [0.25, 0.3) is 10.0 Å². The molecule has 0 amide bonds. The number of aromatic nitrogens is 1. The second-order valence-corrected chi connectivity index (χ2v) is 6.53. The number of nitrogens with zero attached hydrogens (tertiary/aromatic N) is 1. The number of anilines is 2. The third kappa shape index (κ3) is 3.15. The van der Waals surface area contributed by atoms with Crippen molar-refractivity contribution in [3.63, 3.8) is 0 Å². The summed E-state index contributed by atoms with van der Waals surface area (Å²) in [5.74, 6) is 0. The lowest BCUT2D eigenvalue weighted by atomic mass is 10.3. The van der Waals surface area contributed by atoms with Crippen molar-refractivity contribution in [2.75, 3.05) is 10.5 Å². The van der Waals surface area contributed by atoms with E-state index in [1.165, 1.54) is 24.3 Å². The van der Waals surface area contributed by atoms with Crippen LogP contribution < -0.4 is 10.5 Å². The molecule has 0 aliphatic rings. The summed E-state index contributed by atoms with van der Waals surface area (Å²) in [4.78, 5) is 4.00. The second-order valence-electron chi connectivity index (χ2n) is 4.06. The van der Waals surface area contributed by atoms with Crippen LogP contribution in [0.5, 0.6) is 0 Å². The van der Waals surface area contributed by atoms with Crippen LogP contribution in [0.3, 0.4) is 0 Å². The lowest BCUT2D eigenvalue weighted by molar-refractivity contribution is 0.601. The minimum Gasteiger partial charge on any atom is -0.397 e. The summed E-state index contributed by atoms with van der Waals surface area (Å²) >= 11 is 11.5. The fraction of sp³-hybridized carbons (Fsp3) is 0.0833. The molecule has 106 valence electrons. The molecule has 0 radical (unpaired) electrons. The highest BCUT2D eigenvalue weighted by Gasteiger charge is 2.16. The molecular weight excluding hydrogens is 321 g/mol. The Bertz CT molecular complexity index is 763. The van der Waals surface area contributed by atoms with Crippen LogP contribution in [0.2, 0.25) is 10.2 Å². The van der Waals surface area contributed by atoms with E-state index in [9.17, 15) is 8.42 Å². The molecule has 2 aromatic rings.